The summed E-state index contributed by atoms with van der Waals surface area (Å²) < 4.78 is 2.04. The lowest BCUT2D eigenvalue weighted by Gasteiger charge is -2.47. The van der Waals surface area contributed by atoms with E-state index >= 15 is 0 Å². The zero-order valence-electron chi connectivity index (χ0n) is 13.7. The van der Waals surface area contributed by atoms with Crippen LogP contribution in [0, 0.1) is 5.92 Å². The molecule has 1 aliphatic carbocycles. The average Bonchev–Trinajstić information content (AvgIpc) is 2.94. The molecule has 1 aromatic carbocycles. The first-order valence-electron chi connectivity index (χ1n) is 8.64. The molecule has 0 spiro atoms. The van der Waals surface area contributed by atoms with E-state index in [1.54, 1.807) is 0 Å². The van der Waals surface area contributed by atoms with Crippen molar-refractivity contribution in [1.82, 2.24) is 9.47 Å². The maximum absolute atomic E-state index is 12.9. The van der Waals surface area contributed by atoms with Gasteiger partial charge in [-0.3, -0.25) is 4.79 Å². The highest BCUT2D eigenvalue weighted by Crippen LogP contribution is 2.40. The molecule has 23 heavy (non-hydrogen) atoms. The van der Waals surface area contributed by atoms with E-state index in [0.29, 0.717) is 13.1 Å². The Balaban J connectivity index is 1.57. The van der Waals surface area contributed by atoms with E-state index in [0.717, 1.165) is 42.1 Å². The van der Waals surface area contributed by atoms with Crippen molar-refractivity contribution >= 4 is 16.8 Å². The minimum absolute atomic E-state index is 0.0979. The number of rotatable bonds is 1. The molecule has 1 aliphatic heterocycles. The van der Waals surface area contributed by atoms with Crippen molar-refractivity contribution in [2.45, 2.75) is 37.7 Å². The number of hydrogen-bond donors (Lipinski definition) is 1. The number of nitrogens with zero attached hydrogens (tertiary/aromatic N) is 2. The Kier molecular flexibility index (Phi) is 3.45. The van der Waals surface area contributed by atoms with Gasteiger partial charge in [0.2, 0.25) is 0 Å². The Labute approximate surface area is 136 Å². The SMILES string of the molecule is Cn1ccc2ccc(C(=O)N3CC[C@@]4(O)CCCC[C@H]4C3)cc21. The largest absolute Gasteiger partial charge is 0.389 e. The topological polar surface area (TPSA) is 45.5 Å². The van der Waals surface area contributed by atoms with Gasteiger partial charge < -0.3 is 14.6 Å². The van der Waals surface area contributed by atoms with Gasteiger partial charge in [-0.15, -0.1) is 0 Å². The van der Waals surface area contributed by atoms with Gasteiger partial charge in [-0.2, -0.15) is 0 Å². The predicted molar refractivity (Wildman–Crippen MR) is 90.3 cm³/mol. The van der Waals surface area contributed by atoms with Crippen molar-refractivity contribution in [3.8, 4) is 0 Å². The summed E-state index contributed by atoms with van der Waals surface area (Å²) in [5.41, 5.74) is 1.31. The minimum Gasteiger partial charge on any atom is -0.389 e. The summed E-state index contributed by atoms with van der Waals surface area (Å²) in [6, 6.07) is 7.99. The van der Waals surface area contributed by atoms with Gasteiger partial charge in [-0.05, 0) is 42.8 Å². The lowest BCUT2D eigenvalue weighted by Crippen LogP contribution is -2.54. The van der Waals surface area contributed by atoms with Crippen LogP contribution < -0.4 is 0 Å². The molecule has 1 N–H and O–H groups in total. The Bertz CT molecular complexity index is 751. The molecule has 4 heteroatoms. The molecule has 1 saturated heterocycles. The van der Waals surface area contributed by atoms with Crippen molar-refractivity contribution in [2.24, 2.45) is 13.0 Å². The van der Waals surface area contributed by atoms with E-state index in [4.69, 9.17) is 0 Å². The van der Waals surface area contributed by atoms with Gasteiger partial charge in [0.15, 0.2) is 0 Å². The highest BCUT2D eigenvalue weighted by molar-refractivity contribution is 5.98. The second-order valence-electron chi connectivity index (χ2n) is 7.25. The molecule has 1 saturated carbocycles. The van der Waals surface area contributed by atoms with Crippen molar-refractivity contribution in [1.29, 1.82) is 0 Å². The van der Waals surface area contributed by atoms with Gasteiger partial charge in [0.05, 0.1) is 5.60 Å². The fraction of sp³-hybridized carbons (Fsp3) is 0.526. The number of likely N-dealkylation sites (tertiary alicyclic amines) is 1. The second kappa shape index (κ2) is 5.38. The van der Waals surface area contributed by atoms with Crippen LogP contribution in [0.25, 0.3) is 10.9 Å². The number of piperidine rings is 1. The van der Waals surface area contributed by atoms with Crippen LogP contribution in [-0.2, 0) is 7.05 Å². The van der Waals surface area contributed by atoms with Gasteiger partial charge in [-0.1, -0.05) is 18.9 Å². The highest BCUT2D eigenvalue weighted by atomic mass is 16.3. The number of fused-ring (bicyclic) bond motifs is 2. The summed E-state index contributed by atoms with van der Waals surface area (Å²) in [4.78, 5) is 14.8. The van der Waals surface area contributed by atoms with E-state index in [-0.39, 0.29) is 11.8 Å². The van der Waals surface area contributed by atoms with Crippen LogP contribution in [0.5, 0.6) is 0 Å². The summed E-state index contributed by atoms with van der Waals surface area (Å²) in [6.07, 6.45) is 6.96. The van der Waals surface area contributed by atoms with Crippen LogP contribution in [0.15, 0.2) is 30.5 Å². The van der Waals surface area contributed by atoms with Crippen LogP contribution in [0.2, 0.25) is 0 Å². The molecule has 122 valence electrons. The van der Waals surface area contributed by atoms with Gasteiger partial charge >= 0.3 is 0 Å². The van der Waals surface area contributed by atoms with Crippen molar-refractivity contribution in [3.63, 3.8) is 0 Å². The first kappa shape index (κ1) is 14.8. The predicted octanol–water partition coefficient (Wildman–Crippen LogP) is 2.95. The molecule has 1 amide bonds. The van der Waals surface area contributed by atoms with E-state index in [9.17, 15) is 9.90 Å². The van der Waals surface area contributed by atoms with Crippen LogP contribution in [0.4, 0.5) is 0 Å². The smallest absolute Gasteiger partial charge is 0.253 e. The number of carbonyl (C=O) groups is 1. The van der Waals surface area contributed by atoms with E-state index in [2.05, 4.69) is 6.07 Å². The Hall–Kier alpha value is -1.81. The summed E-state index contributed by atoms with van der Waals surface area (Å²) in [5, 5.41) is 11.9. The quantitative estimate of drug-likeness (QED) is 0.880. The molecule has 2 aliphatic rings. The van der Waals surface area contributed by atoms with E-state index < -0.39 is 5.60 Å². The number of aliphatic hydroxyl groups is 1. The lowest BCUT2D eigenvalue weighted by atomic mass is 9.71. The molecule has 2 aromatic rings. The first-order valence-corrected chi connectivity index (χ1v) is 8.64. The molecule has 0 radical (unpaired) electrons. The molecule has 0 unspecified atom stereocenters. The van der Waals surface area contributed by atoms with E-state index in [1.807, 2.05) is 40.9 Å². The van der Waals surface area contributed by atoms with Crippen LogP contribution >= 0.6 is 0 Å². The van der Waals surface area contributed by atoms with Crippen LogP contribution in [0.3, 0.4) is 0 Å². The summed E-state index contributed by atoms with van der Waals surface area (Å²) in [7, 11) is 2.00. The van der Waals surface area contributed by atoms with Crippen LogP contribution in [0.1, 0.15) is 42.5 Å². The van der Waals surface area contributed by atoms with Crippen molar-refractivity contribution in [3.05, 3.63) is 36.0 Å². The fourth-order valence-electron chi connectivity index (χ4n) is 4.33. The Morgan fingerprint density at radius 2 is 2.13 bits per heavy atom. The maximum Gasteiger partial charge on any atom is 0.253 e. The second-order valence-corrected chi connectivity index (χ2v) is 7.25. The Morgan fingerprint density at radius 3 is 3.00 bits per heavy atom. The van der Waals surface area contributed by atoms with Gasteiger partial charge in [0.25, 0.3) is 5.91 Å². The molecular weight excluding hydrogens is 288 g/mol. The van der Waals surface area contributed by atoms with Crippen molar-refractivity contribution < 1.29 is 9.90 Å². The average molecular weight is 312 g/mol. The highest BCUT2D eigenvalue weighted by Gasteiger charge is 2.43. The summed E-state index contributed by atoms with van der Waals surface area (Å²) in [6.45, 7) is 1.36. The maximum atomic E-state index is 12.9. The Morgan fingerprint density at radius 1 is 1.26 bits per heavy atom. The van der Waals surface area contributed by atoms with Crippen molar-refractivity contribution in [2.75, 3.05) is 13.1 Å². The number of carbonyl (C=O) groups excluding carboxylic acids is 1. The van der Waals surface area contributed by atoms with Gasteiger partial charge in [0.1, 0.15) is 0 Å². The normalized spacial score (nSPS) is 27.9. The third-order valence-electron chi connectivity index (χ3n) is 5.85. The van der Waals surface area contributed by atoms with Gasteiger partial charge in [-0.25, -0.2) is 0 Å². The van der Waals surface area contributed by atoms with Gasteiger partial charge in [0, 0.05) is 43.3 Å². The number of hydrogen-bond acceptors (Lipinski definition) is 2. The monoisotopic (exact) mass is 312 g/mol. The number of benzene rings is 1. The molecule has 4 nitrogen and oxygen atoms in total. The fourth-order valence-corrected chi connectivity index (χ4v) is 4.33. The van der Waals surface area contributed by atoms with Crippen LogP contribution in [-0.4, -0.2) is 39.2 Å². The standard InChI is InChI=1S/C19H24N2O2/c1-20-10-7-14-5-6-15(12-17(14)20)18(22)21-11-9-19(23)8-3-2-4-16(19)13-21/h5-7,10,12,16,23H,2-4,8-9,11,13H2,1H3/t16-,19-/m0/s1. The lowest BCUT2D eigenvalue weighted by molar-refractivity contribution is -0.0886. The number of amides is 1. The number of aromatic nitrogens is 1. The van der Waals surface area contributed by atoms with E-state index in [1.165, 1.54) is 6.42 Å². The molecule has 2 fully saturated rings. The third kappa shape index (κ3) is 2.45. The molecule has 2 atom stereocenters. The molecule has 1 aromatic heterocycles. The molecule has 4 rings (SSSR count). The first-order chi connectivity index (χ1) is 11.1. The summed E-state index contributed by atoms with van der Waals surface area (Å²) >= 11 is 0. The number of aryl methyl sites for hydroxylation is 1. The zero-order chi connectivity index (χ0) is 16.0. The summed E-state index contributed by atoms with van der Waals surface area (Å²) in [5.74, 6) is 0.341. The molecule has 0 bridgehead atoms. The third-order valence-corrected chi connectivity index (χ3v) is 5.85. The minimum atomic E-state index is -0.531. The molecule has 2 heterocycles. The zero-order valence-corrected chi connectivity index (χ0v) is 13.7. The molecular formula is C19H24N2O2.